The van der Waals surface area contributed by atoms with Crippen LogP contribution in [-0.2, 0) is 20.1 Å². The third-order valence-electron chi connectivity index (χ3n) is 3.83. The summed E-state index contributed by atoms with van der Waals surface area (Å²) in [6.45, 7) is 3.69. The zero-order valence-corrected chi connectivity index (χ0v) is 18.4. The lowest BCUT2D eigenvalue weighted by atomic mass is 10.3. The van der Waals surface area contributed by atoms with E-state index in [4.69, 9.17) is 27.8 Å². The molecule has 2 N–H and O–H groups in total. The largest absolute Gasteiger partial charge is 0.505 e. The normalized spacial score (nSPS) is 12.8. The van der Waals surface area contributed by atoms with E-state index in [0.29, 0.717) is 0 Å². The van der Waals surface area contributed by atoms with Crippen molar-refractivity contribution in [2.45, 2.75) is 23.6 Å². The van der Waals surface area contributed by atoms with Crippen LogP contribution in [0.2, 0.25) is 10.0 Å². The first kappa shape index (κ1) is 23.5. The van der Waals surface area contributed by atoms with Gasteiger partial charge >= 0.3 is 0 Å². The highest BCUT2D eigenvalue weighted by molar-refractivity contribution is 7.89. The van der Waals surface area contributed by atoms with Crippen molar-refractivity contribution in [3.8, 4) is 5.75 Å². The first-order chi connectivity index (χ1) is 13.4. The monoisotopic (exact) mass is 481 g/mol. The van der Waals surface area contributed by atoms with Crippen LogP contribution in [0.1, 0.15) is 13.8 Å². The maximum atomic E-state index is 12.7. The van der Waals surface area contributed by atoms with Crippen molar-refractivity contribution < 1.29 is 26.5 Å². The Morgan fingerprint density at radius 3 is 2.10 bits per heavy atom. The highest BCUT2D eigenvalue weighted by Gasteiger charge is 2.27. The summed E-state index contributed by atoms with van der Waals surface area (Å²) >= 11 is 11.9. The van der Waals surface area contributed by atoms with Crippen LogP contribution in [-0.4, -0.2) is 43.9 Å². The first-order valence-corrected chi connectivity index (χ1v) is 11.8. The molecule has 13 heteroatoms. The average molecular weight is 482 g/mol. The van der Waals surface area contributed by atoms with Crippen molar-refractivity contribution in [1.82, 2.24) is 4.31 Å². The quantitative estimate of drug-likeness (QED) is 0.444. The zero-order chi connectivity index (χ0) is 22.0. The topological polar surface area (TPSA) is 137 Å². The fourth-order valence-corrected chi connectivity index (χ4v) is 5.00. The van der Waals surface area contributed by atoms with Gasteiger partial charge in [-0.2, -0.15) is 17.8 Å². The molecule has 0 unspecified atom stereocenters. The number of benzene rings is 2. The fourth-order valence-electron chi connectivity index (χ4n) is 2.36. The summed E-state index contributed by atoms with van der Waals surface area (Å²) < 4.78 is 57.8. The Hall–Kier alpha value is -1.76. The number of hydrogen-bond acceptors (Lipinski definition) is 7. The molecule has 0 aliphatic carbocycles. The zero-order valence-electron chi connectivity index (χ0n) is 15.2. The van der Waals surface area contributed by atoms with E-state index >= 15 is 0 Å². The fraction of sp³-hybridized carbons (Fsp3) is 0.250. The number of phenolic OH excluding ortho intramolecular Hbond substituents is 1. The molecule has 0 amide bonds. The molecule has 0 aromatic heterocycles. The molecule has 0 saturated heterocycles. The Morgan fingerprint density at radius 2 is 1.59 bits per heavy atom. The molecule has 0 saturated carbocycles. The SMILES string of the molecule is CCN(CC)S(=O)(=O)c1cc(N=Nc2ccc(S(=O)(=O)O)cc2Cl)cc(Cl)c1O. The summed E-state index contributed by atoms with van der Waals surface area (Å²) in [7, 11) is -8.44. The van der Waals surface area contributed by atoms with E-state index in [1.54, 1.807) is 13.8 Å². The van der Waals surface area contributed by atoms with E-state index in [1.807, 2.05) is 0 Å². The Balaban J connectivity index is 2.49. The van der Waals surface area contributed by atoms with Crippen LogP contribution < -0.4 is 0 Å². The Bertz CT molecular complexity index is 1160. The van der Waals surface area contributed by atoms with E-state index < -0.39 is 35.7 Å². The summed E-state index contributed by atoms with van der Waals surface area (Å²) in [6, 6.07) is 5.60. The number of phenols is 1. The second kappa shape index (κ2) is 8.94. The highest BCUT2D eigenvalue weighted by atomic mass is 35.5. The van der Waals surface area contributed by atoms with E-state index in [9.17, 15) is 21.9 Å². The van der Waals surface area contributed by atoms with Gasteiger partial charge in [0.25, 0.3) is 10.1 Å². The minimum absolute atomic E-state index is 0.0217. The number of halogens is 2. The molecular weight excluding hydrogens is 465 g/mol. The van der Waals surface area contributed by atoms with Crippen LogP contribution in [0.5, 0.6) is 5.75 Å². The van der Waals surface area contributed by atoms with Crippen molar-refractivity contribution in [3.63, 3.8) is 0 Å². The molecule has 2 aromatic carbocycles. The molecule has 0 radical (unpaired) electrons. The minimum Gasteiger partial charge on any atom is -0.505 e. The number of sulfonamides is 1. The van der Waals surface area contributed by atoms with Gasteiger partial charge in [-0.25, -0.2) is 8.42 Å². The van der Waals surface area contributed by atoms with Crippen LogP contribution in [0.3, 0.4) is 0 Å². The summed E-state index contributed by atoms with van der Waals surface area (Å²) in [5.74, 6) is -0.604. The lowest BCUT2D eigenvalue weighted by Gasteiger charge is -2.19. The summed E-state index contributed by atoms with van der Waals surface area (Å²) in [5.41, 5.74) is 0.0878. The van der Waals surface area contributed by atoms with Crippen LogP contribution in [0.25, 0.3) is 0 Å². The molecule has 2 rings (SSSR count). The standard InChI is InChI=1S/C16H17Cl2N3O6S2/c1-3-21(4-2)28(23,24)15-8-10(7-13(18)16(15)22)19-20-14-6-5-11(9-12(14)17)29(25,26)27/h5-9,22H,3-4H2,1-2H3,(H,25,26,27). The molecule has 158 valence electrons. The lowest BCUT2D eigenvalue weighted by Crippen LogP contribution is -2.30. The summed E-state index contributed by atoms with van der Waals surface area (Å²) in [4.78, 5) is -0.836. The third kappa shape index (κ3) is 5.24. The van der Waals surface area contributed by atoms with Crippen molar-refractivity contribution in [3.05, 3.63) is 40.4 Å². The summed E-state index contributed by atoms with van der Waals surface area (Å²) in [6.07, 6.45) is 0. The third-order valence-corrected chi connectivity index (χ3v) is 7.33. The number of rotatable bonds is 7. The number of hydrogen-bond donors (Lipinski definition) is 2. The van der Waals surface area contributed by atoms with Crippen molar-refractivity contribution in [1.29, 1.82) is 0 Å². The van der Waals surface area contributed by atoms with Gasteiger partial charge in [-0.3, -0.25) is 4.55 Å². The van der Waals surface area contributed by atoms with Crippen LogP contribution in [0.4, 0.5) is 11.4 Å². The molecule has 0 fully saturated rings. The van der Waals surface area contributed by atoms with Gasteiger partial charge in [0.05, 0.1) is 20.6 Å². The van der Waals surface area contributed by atoms with Gasteiger partial charge in [-0.15, -0.1) is 5.11 Å². The maximum absolute atomic E-state index is 12.7. The number of nitrogens with zero attached hydrogens (tertiary/aromatic N) is 3. The molecule has 29 heavy (non-hydrogen) atoms. The van der Waals surface area contributed by atoms with E-state index in [1.165, 1.54) is 12.1 Å². The maximum Gasteiger partial charge on any atom is 0.294 e. The molecule has 0 aliphatic heterocycles. The second-order valence-electron chi connectivity index (χ2n) is 5.65. The van der Waals surface area contributed by atoms with Gasteiger partial charge in [0.1, 0.15) is 10.6 Å². The summed E-state index contributed by atoms with van der Waals surface area (Å²) in [5, 5.41) is 17.5. The predicted octanol–water partition coefficient (Wildman–Crippen LogP) is 4.39. The molecule has 0 atom stereocenters. The molecule has 0 spiro atoms. The van der Waals surface area contributed by atoms with Crippen LogP contribution in [0, 0.1) is 0 Å². The van der Waals surface area contributed by atoms with Crippen LogP contribution in [0.15, 0.2) is 50.4 Å². The Kier molecular flexibility index (Phi) is 7.25. The van der Waals surface area contributed by atoms with Crippen molar-refractivity contribution in [2.24, 2.45) is 10.2 Å². The average Bonchev–Trinajstić information content (AvgIpc) is 2.63. The van der Waals surface area contributed by atoms with Gasteiger partial charge in [0.2, 0.25) is 10.0 Å². The Labute approximate surface area is 178 Å². The van der Waals surface area contributed by atoms with Gasteiger partial charge in [-0.05, 0) is 30.3 Å². The smallest absolute Gasteiger partial charge is 0.294 e. The lowest BCUT2D eigenvalue weighted by molar-refractivity contribution is 0.429. The van der Waals surface area contributed by atoms with Crippen LogP contribution >= 0.6 is 23.2 Å². The van der Waals surface area contributed by atoms with E-state index in [-0.39, 0.29) is 34.5 Å². The molecule has 0 aliphatic rings. The first-order valence-electron chi connectivity index (χ1n) is 8.13. The second-order valence-corrected chi connectivity index (χ2v) is 9.79. The van der Waals surface area contributed by atoms with Crippen molar-refractivity contribution >= 4 is 54.7 Å². The van der Waals surface area contributed by atoms with Gasteiger partial charge in [-0.1, -0.05) is 37.0 Å². The Morgan fingerprint density at radius 1 is 0.966 bits per heavy atom. The number of aromatic hydroxyl groups is 1. The van der Waals surface area contributed by atoms with Gasteiger partial charge in [0.15, 0.2) is 5.75 Å². The number of azo groups is 1. The molecule has 0 bridgehead atoms. The predicted molar refractivity (Wildman–Crippen MR) is 109 cm³/mol. The van der Waals surface area contributed by atoms with E-state index in [0.717, 1.165) is 22.5 Å². The molecule has 2 aromatic rings. The van der Waals surface area contributed by atoms with Gasteiger partial charge < -0.3 is 5.11 Å². The molecule has 0 heterocycles. The van der Waals surface area contributed by atoms with Gasteiger partial charge in [0, 0.05) is 13.1 Å². The highest BCUT2D eigenvalue weighted by Crippen LogP contribution is 2.38. The minimum atomic E-state index is -4.43. The molecular formula is C16H17Cl2N3O6S2. The molecule has 9 nitrogen and oxygen atoms in total. The van der Waals surface area contributed by atoms with Crippen molar-refractivity contribution in [2.75, 3.05) is 13.1 Å². The van der Waals surface area contributed by atoms with E-state index in [2.05, 4.69) is 10.2 Å².